The smallest absolute Gasteiger partial charge is 0.374 e. The third kappa shape index (κ3) is 4.83. The number of nitrogens with zero attached hydrogens (tertiary/aromatic N) is 2. The van der Waals surface area contributed by atoms with E-state index in [9.17, 15) is 22.4 Å². The largest absolute Gasteiger partial charge is 0.482 e. The Kier molecular flexibility index (Phi) is 6.04. The number of halogens is 5. The second-order valence-electron chi connectivity index (χ2n) is 5.92. The molecule has 2 aromatic carbocycles. The normalized spacial score (nSPS) is 11.5. The molecule has 1 heterocycles. The van der Waals surface area contributed by atoms with E-state index >= 15 is 0 Å². The van der Waals surface area contributed by atoms with Crippen molar-refractivity contribution in [2.45, 2.75) is 19.0 Å². The molecule has 0 unspecified atom stereocenters. The van der Waals surface area contributed by atoms with Crippen LogP contribution in [0.15, 0.2) is 36.4 Å². The molecule has 0 bridgehead atoms. The quantitative estimate of drug-likeness (QED) is 0.518. The lowest BCUT2D eigenvalue weighted by atomic mass is 10.1. The minimum Gasteiger partial charge on any atom is -0.482 e. The maximum atomic E-state index is 14.2. The van der Waals surface area contributed by atoms with Gasteiger partial charge in [-0.2, -0.15) is 8.78 Å². The Bertz CT molecular complexity index is 1020. The lowest BCUT2D eigenvalue weighted by Gasteiger charge is -2.13. The SMILES string of the molecule is O=C(O)C(F)(F)Cc1cc(F)c(OCc2snnc2-c2ccc(Cl)cc2)c(F)c1. The van der Waals surface area contributed by atoms with Gasteiger partial charge in [-0.25, -0.2) is 13.6 Å². The first kappa shape index (κ1) is 21.0. The van der Waals surface area contributed by atoms with Crippen molar-refractivity contribution < 1.29 is 32.2 Å². The van der Waals surface area contributed by atoms with Crippen LogP contribution in [0.3, 0.4) is 0 Å². The van der Waals surface area contributed by atoms with Crippen LogP contribution in [0.4, 0.5) is 17.6 Å². The van der Waals surface area contributed by atoms with Crippen LogP contribution in [0.2, 0.25) is 5.02 Å². The number of benzene rings is 2. The van der Waals surface area contributed by atoms with Crippen molar-refractivity contribution in [3.05, 3.63) is 63.5 Å². The molecule has 1 aromatic heterocycles. The Balaban J connectivity index is 1.78. The molecule has 1 N–H and O–H groups in total. The van der Waals surface area contributed by atoms with Crippen molar-refractivity contribution in [3.63, 3.8) is 0 Å². The summed E-state index contributed by atoms with van der Waals surface area (Å²) in [5, 5.41) is 12.9. The minimum atomic E-state index is -4.15. The number of aromatic nitrogens is 2. The molecule has 152 valence electrons. The molecule has 0 spiro atoms. The predicted octanol–water partition coefficient (Wildman–Crippen LogP) is 4.98. The molecule has 0 aliphatic heterocycles. The Morgan fingerprint density at radius 3 is 2.38 bits per heavy atom. The van der Waals surface area contributed by atoms with Gasteiger partial charge in [-0.15, -0.1) is 5.10 Å². The van der Waals surface area contributed by atoms with E-state index in [4.69, 9.17) is 21.4 Å². The number of carboxylic acids is 1. The second kappa shape index (κ2) is 8.34. The molecule has 0 aliphatic carbocycles. The zero-order valence-electron chi connectivity index (χ0n) is 14.3. The highest BCUT2D eigenvalue weighted by Crippen LogP contribution is 2.30. The maximum Gasteiger partial charge on any atom is 0.374 e. The highest BCUT2D eigenvalue weighted by atomic mass is 35.5. The van der Waals surface area contributed by atoms with E-state index in [2.05, 4.69) is 9.59 Å². The summed E-state index contributed by atoms with van der Waals surface area (Å²) < 4.78 is 63.9. The van der Waals surface area contributed by atoms with Crippen molar-refractivity contribution in [1.82, 2.24) is 9.59 Å². The van der Waals surface area contributed by atoms with Gasteiger partial charge in [-0.3, -0.25) is 0 Å². The summed E-state index contributed by atoms with van der Waals surface area (Å²) in [4.78, 5) is 11.0. The lowest BCUT2D eigenvalue weighted by Crippen LogP contribution is -2.30. The van der Waals surface area contributed by atoms with Crippen molar-refractivity contribution >= 4 is 29.1 Å². The summed E-state index contributed by atoms with van der Waals surface area (Å²) >= 11 is 6.80. The number of carbonyl (C=O) groups is 1. The fraction of sp³-hybridized carbons (Fsp3) is 0.167. The summed E-state index contributed by atoms with van der Waals surface area (Å²) in [7, 11) is 0. The van der Waals surface area contributed by atoms with Gasteiger partial charge in [0.2, 0.25) is 0 Å². The fourth-order valence-corrected chi connectivity index (χ4v) is 3.16. The summed E-state index contributed by atoms with van der Waals surface area (Å²) in [5.74, 6) is -9.77. The van der Waals surface area contributed by atoms with Crippen molar-refractivity contribution in [2.24, 2.45) is 0 Å². The average molecular weight is 447 g/mol. The van der Waals surface area contributed by atoms with Gasteiger partial charge in [0.15, 0.2) is 17.4 Å². The number of ether oxygens (including phenoxy) is 1. The van der Waals surface area contributed by atoms with Crippen LogP contribution in [0.1, 0.15) is 10.4 Å². The Hall–Kier alpha value is -2.72. The van der Waals surface area contributed by atoms with E-state index in [1.54, 1.807) is 24.3 Å². The van der Waals surface area contributed by atoms with E-state index in [1.165, 1.54) is 0 Å². The number of hydrogen-bond acceptors (Lipinski definition) is 5. The fourth-order valence-electron chi connectivity index (χ4n) is 2.45. The second-order valence-corrected chi connectivity index (χ2v) is 7.19. The molecular weight excluding hydrogens is 436 g/mol. The van der Waals surface area contributed by atoms with Crippen LogP contribution >= 0.6 is 23.1 Å². The average Bonchev–Trinajstić information content (AvgIpc) is 3.09. The van der Waals surface area contributed by atoms with Crippen molar-refractivity contribution in [3.8, 4) is 17.0 Å². The Labute approximate surface area is 170 Å². The monoisotopic (exact) mass is 446 g/mol. The van der Waals surface area contributed by atoms with Gasteiger partial charge >= 0.3 is 11.9 Å². The van der Waals surface area contributed by atoms with Crippen LogP contribution in [0.5, 0.6) is 5.75 Å². The molecule has 5 nitrogen and oxygen atoms in total. The van der Waals surface area contributed by atoms with E-state index in [0.29, 0.717) is 33.3 Å². The molecule has 29 heavy (non-hydrogen) atoms. The van der Waals surface area contributed by atoms with Crippen molar-refractivity contribution in [2.75, 3.05) is 0 Å². The first-order chi connectivity index (χ1) is 13.7. The van der Waals surface area contributed by atoms with Crippen LogP contribution in [0.25, 0.3) is 11.3 Å². The van der Waals surface area contributed by atoms with Gasteiger partial charge in [0.1, 0.15) is 12.3 Å². The number of rotatable bonds is 7. The Morgan fingerprint density at radius 1 is 1.17 bits per heavy atom. The standard InChI is InChI=1S/C18H11ClF4N2O3S/c19-11-3-1-10(2-4-11)15-14(29-25-24-15)8-28-16-12(20)5-9(6-13(16)21)7-18(22,23)17(26)27/h1-6H,7-8H2,(H,26,27). The number of alkyl halides is 2. The van der Waals surface area contributed by atoms with Crippen molar-refractivity contribution in [1.29, 1.82) is 0 Å². The third-order valence-corrected chi connectivity index (χ3v) is 4.77. The van der Waals surface area contributed by atoms with Crippen LogP contribution in [0, 0.1) is 11.6 Å². The molecule has 0 amide bonds. The lowest BCUT2D eigenvalue weighted by molar-refractivity contribution is -0.164. The molecule has 0 atom stereocenters. The van der Waals surface area contributed by atoms with Gasteiger partial charge in [0.05, 0.1) is 4.88 Å². The summed E-state index contributed by atoms with van der Waals surface area (Å²) in [6, 6.07) is 7.90. The molecular formula is C18H11ClF4N2O3S. The van der Waals surface area contributed by atoms with Gasteiger partial charge in [0.25, 0.3) is 0 Å². The van der Waals surface area contributed by atoms with E-state index in [1.807, 2.05) is 0 Å². The topological polar surface area (TPSA) is 72.3 Å². The molecule has 0 radical (unpaired) electrons. The van der Waals surface area contributed by atoms with Gasteiger partial charge < -0.3 is 9.84 Å². The Morgan fingerprint density at radius 2 is 1.79 bits per heavy atom. The van der Waals surface area contributed by atoms with E-state index < -0.39 is 41.3 Å². The highest BCUT2D eigenvalue weighted by molar-refractivity contribution is 7.05. The van der Waals surface area contributed by atoms with Gasteiger partial charge in [0, 0.05) is 17.0 Å². The summed E-state index contributed by atoms with van der Waals surface area (Å²) in [6.07, 6.45) is -1.35. The molecule has 0 saturated heterocycles. The predicted molar refractivity (Wildman–Crippen MR) is 97.3 cm³/mol. The van der Waals surface area contributed by atoms with E-state index in [0.717, 1.165) is 11.5 Å². The number of aliphatic carboxylic acids is 1. The minimum absolute atomic E-state index is 0.270. The molecule has 11 heteroatoms. The molecule has 0 fully saturated rings. The van der Waals surface area contributed by atoms with Crippen LogP contribution in [-0.2, 0) is 17.8 Å². The highest BCUT2D eigenvalue weighted by Gasteiger charge is 2.39. The van der Waals surface area contributed by atoms with Crippen LogP contribution < -0.4 is 4.74 Å². The first-order valence-corrected chi connectivity index (χ1v) is 9.11. The third-order valence-electron chi connectivity index (χ3n) is 3.82. The summed E-state index contributed by atoms with van der Waals surface area (Å²) in [6.45, 7) is -0.270. The molecule has 3 rings (SSSR count). The summed E-state index contributed by atoms with van der Waals surface area (Å²) in [5.41, 5.74) is 0.611. The first-order valence-electron chi connectivity index (χ1n) is 7.96. The number of carboxylic acid groups (broad SMARTS) is 1. The van der Waals surface area contributed by atoms with Gasteiger partial charge in [-0.1, -0.05) is 28.2 Å². The number of hydrogen-bond donors (Lipinski definition) is 1. The van der Waals surface area contributed by atoms with E-state index in [-0.39, 0.29) is 6.61 Å². The zero-order chi connectivity index (χ0) is 21.2. The maximum absolute atomic E-state index is 14.2. The molecule has 3 aromatic rings. The van der Waals surface area contributed by atoms with Crippen LogP contribution in [-0.4, -0.2) is 26.6 Å². The zero-order valence-corrected chi connectivity index (χ0v) is 15.9. The molecule has 0 aliphatic rings. The molecule has 0 saturated carbocycles. The van der Waals surface area contributed by atoms with Gasteiger partial charge in [-0.05, 0) is 41.4 Å².